The highest BCUT2D eigenvalue weighted by Crippen LogP contribution is 2.41. The number of benzene rings is 2. The number of carbonyl (C=O) groups excluding carboxylic acids is 1. The largest absolute Gasteiger partial charge is 0.481 e. The van der Waals surface area contributed by atoms with Gasteiger partial charge in [-0.3, -0.25) is 9.59 Å². The van der Waals surface area contributed by atoms with Gasteiger partial charge in [-0.2, -0.15) is 0 Å². The predicted octanol–water partition coefficient (Wildman–Crippen LogP) is 2.93. The monoisotopic (exact) mass is 307 g/mol. The number of rotatable bonds is 2. The van der Waals surface area contributed by atoms with Crippen molar-refractivity contribution in [1.29, 1.82) is 0 Å². The molecular weight excluding hydrogens is 290 g/mol. The number of fused-ring (bicyclic) bond motifs is 2. The Morgan fingerprint density at radius 3 is 2.43 bits per heavy atom. The van der Waals surface area contributed by atoms with Crippen LogP contribution in [-0.4, -0.2) is 23.5 Å². The van der Waals surface area contributed by atoms with Gasteiger partial charge in [0.15, 0.2) is 0 Å². The van der Waals surface area contributed by atoms with Crippen molar-refractivity contribution in [2.75, 3.05) is 11.4 Å². The normalized spacial score (nSPS) is 21.8. The molecule has 0 fully saturated rings. The summed E-state index contributed by atoms with van der Waals surface area (Å²) in [5.41, 5.74) is 3.80. The van der Waals surface area contributed by atoms with E-state index in [-0.39, 0.29) is 18.4 Å². The SMILES string of the molecule is O=C(O)C1CN(C(=O)C2CCc3ccccc32)c2ccccc21. The highest BCUT2D eigenvalue weighted by molar-refractivity contribution is 6.02. The maximum Gasteiger partial charge on any atom is 0.312 e. The summed E-state index contributed by atoms with van der Waals surface area (Å²) in [7, 11) is 0. The molecule has 2 unspecified atom stereocenters. The minimum atomic E-state index is -0.875. The van der Waals surface area contributed by atoms with Crippen LogP contribution < -0.4 is 4.90 Å². The zero-order chi connectivity index (χ0) is 16.0. The van der Waals surface area contributed by atoms with Crippen LogP contribution in [0.1, 0.15) is 34.9 Å². The molecule has 1 heterocycles. The third-order valence-corrected chi connectivity index (χ3v) is 4.96. The predicted molar refractivity (Wildman–Crippen MR) is 86.7 cm³/mol. The molecule has 0 saturated heterocycles. The molecule has 0 aromatic heterocycles. The van der Waals surface area contributed by atoms with Gasteiger partial charge in [0.25, 0.3) is 0 Å². The van der Waals surface area contributed by atoms with Crippen molar-refractivity contribution in [3.8, 4) is 0 Å². The zero-order valence-electron chi connectivity index (χ0n) is 12.6. The van der Waals surface area contributed by atoms with Crippen LogP contribution in [0, 0.1) is 0 Å². The lowest BCUT2D eigenvalue weighted by molar-refractivity contribution is -0.138. The minimum absolute atomic E-state index is 0.0196. The molecule has 116 valence electrons. The number of aliphatic carboxylic acids is 1. The van der Waals surface area contributed by atoms with E-state index < -0.39 is 11.9 Å². The summed E-state index contributed by atoms with van der Waals surface area (Å²) in [5, 5.41) is 9.44. The van der Waals surface area contributed by atoms with Gasteiger partial charge in [0.2, 0.25) is 5.91 Å². The van der Waals surface area contributed by atoms with Crippen LogP contribution >= 0.6 is 0 Å². The Kier molecular flexibility index (Phi) is 3.18. The van der Waals surface area contributed by atoms with Gasteiger partial charge in [-0.15, -0.1) is 0 Å². The van der Waals surface area contributed by atoms with Gasteiger partial charge in [0.1, 0.15) is 5.92 Å². The Morgan fingerprint density at radius 1 is 0.957 bits per heavy atom. The number of carbonyl (C=O) groups is 2. The highest BCUT2D eigenvalue weighted by atomic mass is 16.4. The molecule has 0 radical (unpaired) electrons. The summed E-state index contributed by atoms with van der Waals surface area (Å²) in [6.45, 7) is 0.228. The molecule has 2 atom stereocenters. The summed E-state index contributed by atoms with van der Waals surface area (Å²) in [4.78, 5) is 26.3. The van der Waals surface area contributed by atoms with Crippen LogP contribution in [-0.2, 0) is 16.0 Å². The molecule has 0 spiro atoms. The number of nitrogens with zero attached hydrogens (tertiary/aromatic N) is 1. The number of anilines is 1. The number of hydrogen-bond acceptors (Lipinski definition) is 2. The number of aryl methyl sites for hydroxylation is 1. The molecule has 1 amide bonds. The quantitative estimate of drug-likeness (QED) is 0.928. The molecular formula is C19H17NO3. The first kappa shape index (κ1) is 14.0. The zero-order valence-corrected chi connectivity index (χ0v) is 12.6. The fourth-order valence-electron chi connectivity index (χ4n) is 3.83. The maximum atomic E-state index is 13.1. The first-order chi connectivity index (χ1) is 11.2. The van der Waals surface area contributed by atoms with E-state index in [4.69, 9.17) is 0 Å². The number of para-hydroxylation sites is 1. The van der Waals surface area contributed by atoms with Crippen molar-refractivity contribution in [1.82, 2.24) is 0 Å². The lowest BCUT2D eigenvalue weighted by Gasteiger charge is -2.22. The van der Waals surface area contributed by atoms with E-state index in [0.717, 1.165) is 29.7 Å². The van der Waals surface area contributed by atoms with Crippen LogP contribution in [0.3, 0.4) is 0 Å². The van der Waals surface area contributed by atoms with E-state index in [1.54, 1.807) is 4.90 Å². The van der Waals surface area contributed by atoms with Crippen LogP contribution in [0.4, 0.5) is 5.69 Å². The lowest BCUT2D eigenvalue weighted by Crippen LogP contribution is -2.34. The van der Waals surface area contributed by atoms with Crippen LogP contribution in [0.25, 0.3) is 0 Å². The highest BCUT2D eigenvalue weighted by Gasteiger charge is 2.40. The Morgan fingerprint density at radius 2 is 1.65 bits per heavy atom. The second-order valence-corrected chi connectivity index (χ2v) is 6.19. The Balaban J connectivity index is 1.70. The van der Waals surface area contributed by atoms with Crippen LogP contribution in [0.15, 0.2) is 48.5 Å². The molecule has 2 aromatic carbocycles. The van der Waals surface area contributed by atoms with Crippen LogP contribution in [0.5, 0.6) is 0 Å². The number of hydrogen-bond donors (Lipinski definition) is 1. The summed E-state index contributed by atoms with van der Waals surface area (Å²) < 4.78 is 0. The van der Waals surface area contributed by atoms with E-state index in [2.05, 4.69) is 6.07 Å². The van der Waals surface area contributed by atoms with E-state index in [0.29, 0.717) is 0 Å². The molecule has 2 aliphatic rings. The van der Waals surface area contributed by atoms with E-state index in [9.17, 15) is 14.7 Å². The summed E-state index contributed by atoms with van der Waals surface area (Å²) in [6, 6.07) is 15.4. The molecule has 23 heavy (non-hydrogen) atoms. The summed E-state index contributed by atoms with van der Waals surface area (Å²) >= 11 is 0. The van der Waals surface area contributed by atoms with E-state index in [1.807, 2.05) is 42.5 Å². The van der Waals surface area contributed by atoms with Crippen molar-refractivity contribution < 1.29 is 14.7 Å². The number of carboxylic acid groups (broad SMARTS) is 1. The number of carboxylic acids is 1. The van der Waals surface area contributed by atoms with Gasteiger partial charge >= 0.3 is 5.97 Å². The average Bonchev–Trinajstić information content (AvgIpc) is 3.16. The second kappa shape index (κ2) is 5.23. The van der Waals surface area contributed by atoms with Crippen molar-refractivity contribution in [3.63, 3.8) is 0 Å². The molecule has 2 aromatic rings. The fourth-order valence-corrected chi connectivity index (χ4v) is 3.83. The molecule has 0 saturated carbocycles. The maximum absolute atomic E-state index is 13.1. The second-order valence-electron chi connectivity index (χ2n) is 6.19. The van der Waals surface area contributed by atoms with Crippen LogP contribution in [0.2, 0.25) is 0 Å². The Hall–Kier alpha value is -2.62. The topological polar surface area (TPSA) is 57.6 Å². The molecule has 1 aliphatic heterocycles. The molecule has 4 nitrogen and oxygen atoms in total. The molecule has 4 rings (SSSR count). The first-order valence-electron chi connectivity index (χ1n) is 7.87. The standard InChI is InChI=1S/C19H17NO3/c21-18(15-10-9-12-5-1-2-6-13(12)15)20-11-16(19(22)23)14-7-3-4-8-17(14)20/h1-8,15-16H,9-11H2,(H,22,23). The fraction of sp³-hybridized carbons (Fsp3) is 0.263. The third kappa shape index (κ3) is 2.13. The van der Waals surface area contributed by atoms with Gasteiger partial charge in [0, 0.05) is 12.2 Å². The number of amides is 1. The molecule has 1 N–H and O–H groups in total. The van der Waals surface area contributed by atoms with Crippen molar-refractivity contribution in [2.24, 2.45) is 0 Å². The van der Waals surface area contributed by atoms with Gasteiger partial charge in [-0.1, -0.05) is 42.5 Å². The van der Waals surface area contributed by atoms with E-state index >= 15 is 0 Å². The van der Waals surface area contributed by atoms with E-state index in [1.165, 1.54) is 5.56 Å². The first-order valence-corrected chi connectivity index (χ1v) is 7.87. The minimum Gasteiger partial charge on any atom is -0.481 e. The lowest BCUT2D eigenvalue weighted by atomic mass is 10.00. The van der Waals surface area contributed by atoms with Gasteiger partial charge < -0.3 is 10.0 Å². The smallest absolute Gasteiger partial charge is 0.312 e. The Bertz CT molecular complexity index is 799. The molecule has 1 aliphatic carbocycles. The van der Waals surface area contributed by atoms with Crippen molar-refractivity contribution in [3.05, 3.63) is 65.2 Å². The van der Waals surface area contributed by atoms with Crippen molar-refractivity contribution >= 4 is 17.6 Å². The van der Waals surface area contributed by atoms with Gasteiger partial charge in [-0.25, -0.2) is 0 Å². The Labute approximate surface area is 134 Å². The molecule has 4 heteroatoms. The summed E-state index contributed by atoms with van der Waals surface area (Å²) in [6.07, 6.45) is 1.71. The van der Waals surface area contributed by atoms with Crippen molar-refractivity contribution in [2.45, 2.75) is 24.7 Å². The third-order valence-electron chi connectivity index (χ3n) is 4.96. The summed E-state index contributed by atoms with van der Waals surface area (Å²) in [5.74, 6) is -1.65. The van der Waals surface area contributed by atoms with Gasteiger partial charge in [0.05, 0.1) is 5.92 Å². The average molecular weight is 307 g/mol. The molecule has 0 bridgehead atoms. The van der Waals surface area contributed by atoms with Gasteiger partial charge in [-0.05, 0) is 35.6 Å².